The van der Waals surface area contributed by atoms with Gasteiger partial charge in [-0.05, 0) is 66.6 Å². The molecule has 2 aliphatic rings. The molecule has 1 saturated carbocycles. The highest BCUT2D eigenvalue weighted by Gasteiger charge is 2.42. The minimum atomic E-state index is -0.787. The number of benzene rings is 2. The Bertz CT molecular complexity index is 785. The molecular formula is C23H29F2NO3. The molecule has 0 bridgehead atoms. The quantitative estimate of drug-likeness (QED) is 0.768. The number of rotatable bonds is 5. The Morgan fingerprint density at radius 2 is 1.66 bits per heavy atom. The molecule has 1 aliphatic heterocycles. The highest BCUT2D eigenvalue weighted by Crippen LogP contribution is 2.40. The third kappa shape index (κ3) is 5.25. The molecule has 0 aromatic heterocycles. The van der Waals surface area contributed by atoms with Gasteiger partial charge in [0, 0.05) is 19.6 Å². The number of aliphatic hydroxyl groups excluding tert-OH is 1. The zero-order valence-electron chi connectivity index (χ0n) is 16.9. The average Bonchev–Trinajstić information content (AvgIpc) is 3.25. The van der Waals surface area contributed by atoms with E-state index in [9.17, 15) is 19.0 Å². The molecule has 2 aromatic carbocycles. The van der Waals surface area contributed by atoms with Crippen molar-refractivity contribution < 1.29 is 23.7 Å². The zero-order valence-corrected chi connectivity index (χ0v) is 16.9. The molecule has 0 radical (unpaired) electrons. The standard InChI is InChI=1S/C21H23F2NO3.C2H6/c22-16-2-4-17(5-3-16)27-18-7-14-10-24(11-15(14)8-18)12-21(26)13-1-6-20(25)19(23)9-13;1-2/h1-6,9,14-15,18,21,25-26H,7-8,10-12H2;1-2H3/t14-,15+,18?,21?;. The van der Waals surface area contributed by atoms with E-state index >= 15 is 0 Å². The Morgan fingerprint density at radius 3 is 2.24 bits per heavy atom. The van der Waals surface area contributed by atoms with E-state index in [0.29, 0.717) is 29.7 Å². The molecule has 6 heteroatoms. The molecule has 4 atom stereocenters. The van der Waals surface area contributed by atoms with E-state index in [0.717, 1.165) is 25.9 Å². The van der Waals surface area contributed by atoms with Gasteiger partial charge < -0.3 is 14.9 Å². The summed E-state index contributed by atoms with van der Waals surface area (Å²) in [6.07, 6.45) is 1.25. The van der Waals surface area contributed by atoms with E-state index in [4.69, 9.17) is 4.74 Å². The highest BCUT2D eigenvalue weighted by molar-refractivity contribution is 5.29. The number of hydrogen-bond donors (Lipinski definition) is 2. The van der Waals surface area contributed by atoms with Crippen molar-refractivity contribution in [3.63, 3.8) is 0 Å². The maximum absolute atomic E-state index is 13.5. The van der Waals surface area contributed by atoms with Gasteiger partial charge in [-0.25, -0.2) is 8.78 Å². The number of phenols is 1. The molecule has 1 heterocycles. The Labute approximate surface area is 170 Å². The smallest absolute Gasteiger partial charge is 0.165 e. The van der Waals surface area contributed by atoms with Gasteiger partial charge in [0.05, 0.1) is 12.2 Å². The van der Waals surface area contributed by atoms with Gasteiger partial charge in [0.2, 0.25) is 0 Å². The third-order valence-corrected chi connectivity index (χ3v) is 5.69. The molecule has 2 fully saturated rings. The van der Waals surface area contributed by atoms with Crippen LogP contribution < -0.4 is 4.74 Å². The number of aromatic hydroxyl groups is 1. The molecule has 1 saturated heterocycles. The van der Waals surface area contributed by atoms with Crippen molar-refractivity contribution in [2.75, 3.05) is 19.6 Å². The first-order chi connectivity index (χ1) is 14.0. The molecule has 2 aromatic rings. The molecule has 0 amide bonds. The van der Waals surface area contributed by atoms with Crippen LogP contribution in [-0.4, -0.2) is 40.9 Å². The normalized spacial score (nSPS) is 24.5. The first kappa shape index (κ1) is 21.5. The van der Waals surface area contributed by atoms with Gasteiger partial charge in [0.25, 0.3) is 0 Å². The highest BCUT2D eigenvalue weighted by atomic mass is 19.1. The number of hydrogen-bond acceptors (Lipinski definition) is 4. The summed E-state index contributed by atoms with van der Waals surface area (Å²) in [4.78, 5) is 2.21. The van der Waals surface area contributed by atoms with Crippen LogP contribution in [0.3, 0.4) is 0 Å². The van der Waals surface area contributed by atoms with E-state index in [1.54, 1.807) is 18.2 Å². The van der Waals surface area contributed by atoms with Gasteiger partial charge in [0.1, 0.15) is 11.6 Å². The molecule has 29 heavy (non-hydrogen) atoms. The maximum Gasteiger partial charge on any atom is 0.165 e. The number of β-amino-alcohol motifs (C(OH)–C–C–N with tert-alkyl or cyclic N) is 1. The van der Waals surface area contributed by atoms with E-state index < -0.39 is 17.7 Å². The topological polar surface area (TPSA) is 52.9 Å². The second-order valence-electron chi connectivity index (χ2n) is 7.63. The first-order valence-electron chi connectivity index (χ1n) is 10.3. The number of aliphatic hydroxyl groups is 1. The second-order valence-corrected chi connectivity index (χ2v) is 7.63. The molecule has 0 spiro atoms. The molecular weight excluding hydrogens is 376 g/mol. The molecule has 158 valence electrons. The fourth-order valence-electron chi connectivity index (χ4n) is 4.37. The summed E-state index contributed by atoms with van der Waals surface area (Å²) in [5, 5.41) is 19.6. The van der Waals surface area contributed by atoms with Gasteiger partial charge in [-0.15, -0.1) is 0 Å². The minimum absolute atomic E-state index is 0.142. The van der Waals surface area contributed by atoms with Crippen molar-refractivity contribution in [3.05, 3.63) is 59.7 Å². The summed E-state index contributed by atoms with van der Waals surface area (Å²) in [6, 6.07) is 10.1. The number of nitrogens with zero attached hydrogens (tertiary/aromatic N) is 1. The van der Waals surface area contributed by atoms with Gasteiger partial charge in [0.15, 0.2) is 11.6 Å². The van der Waals surface area contributed by atoms with Gasteiger partial charge in [-0.1, -0.05) is 19.9 Å². The van der Waals surface area contributed by atoms with Gasteiger partial charge in [-0.3, -0.25) is 4.90 Å². The van der Waals surface area contributed by atoms with Crippen LogP contribution in [-0.2, 0) is 0 Å². The van der Waals surface area contributed by atoms with Crippen LogP contribution in [0.15, 0.2) is 42.5 Å². The van der Waals surface area contributed by atoms with Crippen molar-refractivity contribution in [3.8, 4) is 11.5 Å². The first-order valence-corrected chi connectivity index (χ1v) is 10.3. The fraction of sp³-hybridized carbons (Fsp3) is 0.478. The van der Waals surface area contributed by atoms with Crippen LogP contribution in [0.2, 0.25) is 0 Å². The van der Waals surface area contributed by atoms with E-state index in [1.807, 2.05) is 13.8 Å². The van der Waals surface area contributed by atoms with Crippen LogP contribution >= 0.6 is 0 Å². The Hall–Kier alpha value is -2.18. The maximum atomic E-state index is 13.5. The molecule has 2 N–H and O–H groups in total. The second kappa shape index (κ2) is 9.55. The Kier molecular flexibility index (Phi) is 7.09. The zero-order chi connectivity index (χ0) is 21.0. The van der Waals surface area contributed by atoms with E-state index in [-0.39, 0.29) is 11.9 Å². The van der Waals surface area contributed by atoms with Crippen LogP contribution in [0.1, 0.15) is 38.4 Å². The number of phenolic OH excluding ortho intramolecular Hbond substituents is 1. The van der Waals surface area contributed by atoms with E-state index in [1.165, 1.54) is 24.3 Å². The summed E-state index contributed by atoms with van der Waals surface area (Å²) < 4.78 is 32.4. The summed E-state index contributed by atoms with van der Waals surface area (Å²) in [6.45, 7) is 6.21. The third-order valence-electron chi connectivity index (χ3n) is 5.69. The lowest BCUT2D eigenvalue weighted by Crippen LogP contribution is -2.29. The molecule has 2 unspecified atom stereocenters. The van der Waals surface area contributed by atoms with Crippen molar-refractivity contribution in [1.29, 1.82) is 0 Å². The van der Waals surface area contributed by atoms with Crippen molar-refractivity contribution in [2.45, 2.75) is 38.9 Å². The Balaban J connectivity index is 0.00000117. The van der Waals surface area contributed by atoms with Crippen LogP contribution in [0.5, 0.6) is 11.5 Å². The van der Waals surface area contributed by atoms with Gasteiger partial charge in [-0.2, -0.15) is 0 Å². The molecule has 1 aliphatic carbocycles. The average molecular weight is 405 g/mol. The largest absolute Gasteiger partial charge is 0.505 e. The SMILES string of the molecule is CC.Oc1ccc(C(O)CN2C[C@H]3CC(Oc4ccc(F)cc4)C[C@H]3C2)cc1F. The predicted molar refractivity (Wildman–Crippen MR) is 108 cm³/mol. The number of halogens is 2. The lowest BCUT2D eigenvalue weighted by Gasteiger charge is -2.22. The van der Waals surface area contributed by atoms with Crippen LogP contribution in [0.25, 0.3) is 0 Å². The van der Waals surface area contributed by atoms with Crippen molar-refractivity contribution in [2.24, 2.45) is 11.8 Å². The summed E-state index contributed by atoms with van der Waals surface area (Å²) in [5.41, 5.74) is 0.472. The number of fused-ring (bicyclic) bond motifs is 1. The number of likely N-dealkylation sites (tertiary alicyclic amines) is 1. The van der Waals surface area contributed by atoms with Crippen LogP contribution in [0.4, 0.5) is 8.78 Å². The summed E-state index contributed by atoms with van der Waals surface area (Å²) in [7, 11) is 0. The fourth-order valence-corrected chi connectivity index (χ4v) is 4.37. The number of ether oxygens (including phenoxy) is 1. The van der Waals surface area contributed by atoms with Crippen LogP contribution in [0, 0.1) is 23.5 Å². The predicted octanol–water partition coefficient (Wildman–Crippen LogP) is 4.52. The molecule has 4 nitrogen and oxygen atoms in total. The van der Waals surface area contributed by atoms with Crippen molar-refractivity contribution in [1.82, 2.24) is 4.90 Å². The summed E-state index contributed by atoms with van der Waals surface area (Å²) >= 11 is 0. The molecule has 4 rings (SSSR count). The monoisotopic (exact) mass is 405 g/mol. The van der Waals surface area contributed by atoms with Crippen molar-refractivity contribution >= 4 is 0 Å². The summed E-state index contributed by atoms with van der Waals surface area (Å²) in [5.74, 6) is 0.328. The van der Waals surface area contributed by atoms with Gasteiger partial charge >= 0.3 is 0 Å². The Morgan fingerprint density at radius 1 is 1.03 bits per heavy atom. The van der Waals surface area contributed by atoms with E-state index in [2.05, 4.69) is 4.90 Å². The minimum Gasteiger partial charge on any atom is -0.505 e. The lowest BCUT2D eigenvalue weighted by molar-refractivity contribution is 0.116. The lowest BCUT2D eigenvalue weighted by atomic mass is 10.0.